The summed E-state index contributed by atoms with van der Waals surface area (Å²) in [5.41, 5.74) is 0. The minimum Gasteiger partial charge on any atom is -0.481 e. The molecule has 6 nitrogen and oxygen atoms in total. The summed E-state index contributed by atoms with van der Waals surface area (Å²) < 4.78 is 5.53. The fraction of sp³-hybridized carbons (Fsp3) is 0.846. The lowest BCUT2D eigenvalue weighted by molar-refractivity contribution is -0.142. The Bertz CT molecular complexity index is 361. The Morgan fingerprint density at radius 2 is 2.00 bits per heavy atom. The van der Waals surface area contributed by atoms with Crippen LogP contribution in [0.5, 0.6) is 0 Å². The molecule has 0 radical (unpaired) electrons. The molecular formula is C13H22N2O4. The number of likely N-dealkylation sites (tertiary alicyclic amines) is 1. The highest BCUT2D eigenvalue weighted by Crippen LogP contribution is 2.26. The summed E-state index contributed by atoms with van der Waals surface area (Å²) >= 11 is 0. The van der Waals surface area contributed by atoms with Gasteiger partial charge in [-0.25, -0.2) is 4.79 Å². The first-order chi connectivity index (χ1) is 9.00. The first-order valence-corrected chi connectivity index (χ1v) is 6.90. The van der Waals surface area contributed by atoms with Crippen LogP contribution < -0.4 is 0 Å². The molecule has 6 heteroatoms. The van der Waals surface area contributed by atoms with Crippen molar-refractivity contribution in [2.24, 2.45) is 5.92 Å². The summed E-state index contributed by atoms with van der Waals surface area (Å²) in [6.07, 6.45) is 1.42. The van der Waals surface area contributed by atoms with Crippen LogP contribution in [-0.2, 0) is 9.53 Å². The first kappa shape index (κ1) is 14.1. The number of nitrogens with zero attached hydrogens (tertiary/aromatic N) is 2. The van der Waals surface area contributed by atoms with Gasteiger partial charge in [-0.15, -0.1) is 0 Å². The van der Waals surface area contributed by atoms with Gasteiger partial charge >= 0.3 is 12.0 Å². The maximum Gasteiger partial charge on any atom is 0.320 e. The zero-order valence-electron chi connectivity index (χ0n) is 11.5. The Hall–Kier alpha value is -1.30. The van der Waals surface area contributed by atoms with Gasteiger partial charge in [-0.05, 0) is 26.7 Å². The summed E-state index contributed by atoms with van der Waals surface area (Å²) in [5.74, 6) is -1.25. The number of rotatable bonds is 1. The molecule has 19 heavy (non-hydrogen) atoms. The highest BCUT2D eigenvalue weighted by atomic mass is 16.5. The molecule has 0 aromatic heterocycles. The van der Waals surface area contributed by atoms with Crippen molar-refractivity contribution < 1.29 is 19.4 Å². The molecule has 2 heterocycles. The van der Waals surface area contributed by atoms with Gasteiger partial charge in [0.1, 0.15) is 0 Å². The maximum absolute atomic E-state index is 12.5. The molecule has 0 spiro atoms. The van der Waals surface area contributed by atoms with Crippen molar-refractivity contribution in [2.75, 3.05) is 26.2 Å². The summed E-state index contributed by atoms with van der Waals surface area (Å²) in [5, 5.41) is 9.11. The zero-order chi connectivity index (χ0) is 14.0. The monoisotopic (exact) mass is 270 g/mol. The van der Waals surface area contributed by atoms with Crippen LogP contribution in [0.3, 0.4) is 0 Å². The van der Waals surface area contributed by atoms with Gasteiger partial charge in [0, 0.05) is 32.3 Å². The van der Waals surface area contributed by atoms with Crippen LogP contribution >= 0.6 is 0 Å². The molecule has 2 aliphatic rings. The van der Waals surface area contributed by atoms with Gasteiger partial charge in [0.25, 0.3) is 0 Å². The average molecular weight is 270 g/mol. The van der Waals surface area contributed by atoms with Gasteiger partial charge in [0.15, 0.2) is 0 Å². The van der Waals surface area contributed by atoms with E-state index >= 15 is 0 Å². The number of urea groups is 1. The molecule has 2 aliphatic heterocycles. The number of amides is 2. The van der Waals surface area contributed by atoms with E-state index in [0.29, 0.717) is 32.7 Å². The Morgan fingerprint density at radius 3 is 2.63 bits per heavy atom. The number of ether oxygens (including phenoxy) is 1. The van der Waals surface area contributed by atoms with Gasteiger partial charge in [0.05, 0.1) is 12.0 Å². The highest BCUT2D eigenvalue weighted by molar-refractivity contribution is 5.78. The first-order valence-electron chi connectivity index (χ1n) is 6.90. The molecule has 0 saturated carbocycles. The van der Waals surface area contributed by atoms with Crippen LogP contribution in [0.25, 0.3) is 0 Å². The second-order valence-electron chi connectivity index (χ2n) is 5.43. The zero-order valence-corrected chi connectivity index (χ0v) is 11.5. The predicted molar refractivity (Wildman–Crippen MR) is 68.9 cm³/mol. The van der Waals surface area contributed by atoms with Crippen LogP contribution in [0.15, 0.2) is 0 Å². The number of carbonyl (C=O) groups is 2. The van der Waals surface area contributed by atoms with E-state index in [2.05, 4.69) is 0 Å². The van der Waals surface area contributed by atoms with E-state index in [1.54, 1.807) is 9.80 Å². The molecule has 108 valence electrons. The number of hydrogen-bond donors (Lipinski definition) is 1. The normalized spacial score (nSPS) is 32.2. The van der Waals surface area contributed by atoms with Gasteiger partial charge in [-0.2, -0.15) is 0 Å². The van der Waals surface area contributed by atoms with Gasteiger partial charge in [0.2, 0.25) is 0 Å². The van der Waals surface area contributed by atoms with E-state index in [-0.39, 0.29) is 18.2 Å². The lowest BCUT2D eigenvalue weighted by atomic mass is 10.0. The fourth-order valence-electron chi connectivity index (χ4n) is 2.89. The van der Waals surface area contributed by atoms with Gasteiger partial charge in [-0.1, -0.05) is 0 Å². The lowest BCUT2D eigenvalue weighted by Crippen LogP contribution is -2.47. The van der Waals surface area contributed by atoms with E-state index in [1.807, 2.05) is 13.8 Å². The Morgan fingerprint density at radius 1 is 1.26 bits per heavy atom. The average Bonchev–Trinajstić information content (AvgIpc) is 2.60. The number of hydrogen-bond acceptors (Lipinski definition) is 3. The Kier molecular flexibility index (Phi) is 4.29. The summed E-state index contributed by atoms with van der Waals surface area (Å²) in [6, 6.07) is -0.280. The molecule has 3 atom stereocenters. The maximum atomic E-state index is 12.5. The molecule has 0 bridgehead atoms. The van der Waals surface area contributed by atoms with Crippen LogP contribution in [0.1, 0.15) is 26.7 Å². The molecule has 2 fully saturated rings. The second kappa shape index (κ2) is 5.77. The molecule has 2 rings (SSSR count). The number of carboxylic acids is 1. The third-order valence-corrected chi connectivity index (χ3v) is 4.04. The molecule has 1 N–H and O–H groups in total. The van der Waals surface area contributed by atoms with E-state index in [9.17, 15) is 9.59 Å². The highest BCUT2D eigenvalue weighted by Gasteiger charge is 2.39. The third kappa shape index (κ3) is 3.00. The van der Waals surface area contributed by atoms with Crippen molar-refractivity contribution in [3.8, 4) is 0 Å². The van der Waals surface area contributed by atoms with Crippen molar-refractivity contribution in [1.82, 2.24) is 9.80 Å². The van der Waals surface area contributed by atoms with Crippen LogP contribution in [0, 0.1) is 5.92 Å². The SMILES string of the molecule is CC1CN(C(=O)N2CCC(C(=O)O)C2C)CCCO1. The van der Waals surface area contributed by atoms with Crippen molar-refractivity contribution in [2.45, 2.75) is 38.8 Å². The summed E-state index contributed by atoms with van der Waals surface area (Å²) in [4.78, 5) is 27.1. The molecule has 2 saturated heterocycles. The minimum absolute atomic E-state index is 0.0413. The minimum atomic E-state index is -0.810. The van der Waals surface area contributed by atoms with Crippen LogP contribution in [0.4, 0.5) is 4.79 Å². The van der Waals surface area contributed by atoms with E-state index < -0.39 is 11.9 Å². The van der Waals surface area contributed by atoms with Crippen molar-refractivity contribution in [1.29, 1.82) is 0 Å². The third-order valence-electron chi connectivity index (χ3n) is 4.04. The predicted octanol–water partition coefficient (Wildman–Crippen LogP) is 1.01. The summed E-state index contributed by atoms with van der Waals surface area (Å²) in [7, 11) is 0. The van der Waals surface area contributed by atoms with Crippen molar-refractivity contribution >= 4 is 12.0 Å². The van der Waals surface area contributed by atoms with Crippen molar-refractivity contribution in [3.05, 3.63) is 0 Å². The van der Waals surface area contributed by atoms with Crippen LogP contribution in [0.2, 0.25) is 0 Å². The topological polar surface area (TPSA) is 70.1 Å². The number of aliphatic carboxylic acids is 1. The van der Waals surface area contributed by atoms with E-state index in [1.165, 1.54) is 0 Å². The van der Waals surface area contributed by atoms with E-state index in [0.717, 1.165) is 6.42 Å². The Balaban J connectivity index is 2.01. The standard InChI is InChI=1S/C13H22N2O4/c1-9-8-14(5-3-7-19-9)13(18)15-6-4-11(10(15)2)12(16)17/h9-11H,3-8H2,1-2H3,(H,16,17). The smallest absolute Gasteiger partial charge is 0.320 e. The number of carboxylic acid groups (broad SMARTS) is 1. The van der Waals surface area contributed by atoms with Gasteiger partial charge in [-0.3, -0.25) is 4.79 Å². The molecule has 0 aromatic rings. The quantitative estimate of drug-likeness (QED) is 0.772. The molecular weight excluding hydrogens is 248 g/mol. The molecule has 3 unspecified atom stereocenters. The van der Waals surface area contributed by atoms with E-state index in [4.69, 9.17) is 9.84 Å². The fourth-order valence-corrected chi connectivity index (χ4v) is 2.89. The van der Waals surface area contributed by atoms with Gasteiger partial charge < -0.3 is 19.6 Å². The second-order valence-corrected chi connectivity index (χ2v) is 5.43. The largest absolute Gasteiger partial charge is 0.481 e. The lowest BCUT2D eigenvalue weighted by Gasteiger charge is -2.31. The molecule has 2 amide bonds. The number of carbonyl (C=O) groups excluding carboxylic acids is 1. The van der Waals surface area contributed by atoms with Crippen LogP contribution in [-0.4, -0.2) is 65.3 Å². The molecule has 0 aliphatic carbocycles. The Labute approximate surface area is 113 Å². The summed E-state index contributed by atoms with van der Waals surface area (Å²) in [6.45, 7) is 6.26. The molecule has 0 aromatic carbocycles. The van der Waals surface area contributed by atoms with Crippen molar-refractivity contribution in [3.63, 3.8) is 0 Å².